The largest absolute Gasteiger partial charge is 0.497 e. The minimum atomic E-state index is -0.326. The molecule has 0 bridgehead atoms. The second-order valence-electron chi connectivity index (χ2n) is 5.35. The van der Waals surface area contributed by atoms with E-state index in [1.54, 1.807) is 31.4 Å². The van der Waals surface area contributed by atoms with Crippen molar-refractivity contribution in [3.63, 3.8) is 0 Å². The number of aromatic amines is 1. The highest BCUT2D eigenvalue weighted by Gasteiger charge is 2.16. The van der Waals surface area contributed by atoms with Crippen LogP contribution in [0.5, 0.6) is 5.75 Å². The van der Waals surface area contributed by atoms with Crippen molar-refractivity contribution >= 4 is 23.5 Å². The normalized spacial score (nSPS) is 10.2. The molecule has 1 amide bonds. The van der Waals surface area contributed by atoms with E-state index >= 15 is 0 Å². The number of carbonyl (C=O) groups excluding carboxylic acids is 1. The Labute approximate surface area is 155 Å². The van der Waals surface area contributed by atoms with Gasteiger partial charge < -0.3 is 10.1 Å². The average Bonchev–Trinajstić information content (AvgIpc) is 3.08. The van der Waals surface area contributed by atoms with Gasteiger partial charge in [0.2, 0.25) is 0 Å². The Morgan fingerprint density at radius 1 is 1.23 bits per heavy atom. The molecular weight excluding hydrogens is 348 g/mol. The summed E-state index contributed by atoms with van der Waals surface area (Å²) in [6, 6.07) is 18.7. The molecule has 0 spiro atoms. The molecule has 2 aromatic carbocycles. The predicted octanol–water partition coefficient (Wildman–Crippen LogP) is 3.83. The van der Waals surface area contributed by atoms with Gasteiger partial charge in [-0.1, -0.05) is 42.1 Å². The van der Waals surface area contributed by atoms with E-state index in [1.165, 1.54) is 11.8 Å². The van der Waals surface area contributed by atoms with Crippen LogP contribution in [0.1, 0.15) is 21.5 Å². The molecule has 3 rings (SSSR count). The van der Waals surface area contributed by atoms with E-state index in [-0.39, 0.29) is 5.91 Å². The molecule has 2 N–H and O–H groups in total. The molecule has 0 unspecified atom stereocenters. The topological polar surface area (TPSA) is 90.8 Å². The molecule has 26 heavy (non-hydrogen) atoms. The average molecular weight is 364 g/mol. The first-order chi connectivity index (χ1) is 12.7. The number of amides is 1. The van der Waals surface area contributed by atoms with Gasteiger partial charge in [0.25, 0.3) is 5.91 Å². The van der Waals surface area contributed by atoms with Crippen LogP contribution in [-0.4, -0.2) is 23.2 Å². The van der Waals surface area contributed by atoms with Crippen LogP contribution >= 0.6 is 11.8 Å². The van der Waals surface area contributed by atoms with E-state index < -0.39 is 0 Å². The quantitative estimate of drug-likeness (QED) is 0.649. The fourth-order valence-electron chi connectivity index (χ4n) is 2.28. The summed E-state index contributed by atoms with van der Waals surface area (Å²) >= 11 is 1.44. The standard InChI is InChI=1S/C19H16N4O2S/c1-25-15-9-7-14(8-10-15)18(24)21-17-16(11-20)19(23-22-17)26-12-13-5-3-2-4-6-13/h2-10H,12H2,1H3,(H2,21,22,23,24). The highest BCUT2D eigenvalue weighted by molar-refractivity contribution is 7.98. The van der Waals surface area contributed by atoms with Crippen molar-refractivity contribution < 1.29 is 9.53 Å². The number of carbonyl (C=O) groups is 1. The summed E-state index contributed by atoms with van der Waals surface area (Å²) in [6.07, 6.45) is 0. The Morgan fingerprint density at radius 3 is 2.62 bits per heavy atom. The van der Waals surface area contributed by atoms with Crippen molar-refractivity contribution in [3.8, 4) is 11.8 Å². The molecule has 130 valence electrons. The number of aromatic nitrogens is 2. The summed E-state index contributed by atoms with van der Waals surface area (Å²) in [5.74, 6) is 1.32. The Bertz CT molecular complexity index is 930. The zero-order valence-electron chi connectivity index (χ0n) is 14.0. The maximum atomic E-state index is 12.4. The second-order valence-corrected chi connectivity index (χ2v) is 6.31. The van der Waals surface area contributed by atoms with Gasteiger partial charge in [0.1, 0.15) is 28.2 Å². The third-order valence-electron chi connectivity index (χ3n) is 3.65. The lowest BCUT2D eigenvalue weighted by Gasteiger charge is -2.04. The van der Waals surface area contributed by atoms with Gasteiger partial charge in [-0.15, -0.1) is 0 Å². The summed E-state index contributed by atoms with van der Waals surface area (Å²) < 4.78 is 5.08. The van der Waals surface area contributed by atoms with Crippen LogP contribution in [-0.2, 0) is 5.75 Å². The fraction of sp³-hybridized carbons (Fsp3) is 0.105. The van der Waals surface area contributed by atoms with Crippen LogP contribution < -0.4 is 10.1 Å². The number of rotatable bonds is 6. The first-order valence-electron chi connectivity index (χ1n) is 7.82. The maximum Gasteiger partial charge on any atom is 0.256 e. The summed E-state index contributed by atoms with van der Waals surface area (Å²) in [5, 5.41) is 19.6. The molecule has 0 fully saturated rings. The van der Waals surface area contributed by atoms with Gasteiger partial charge in [-0.3, -0.25) is 9.89 Å². The summed E-state index contributed by atoms with van der Waals surface area (Å²) in [5.41, 5.74) is 1.92. The number of methoxy groups -OCH3 is 1. The van der Waals surface area contributed by atoms with Crippen molar-refractivity contribution in [1.82, 2.24) is 10.2 Å². The minimum absolute atomic E-state index is 0.295. The van der Waals surface area contributed by atoms with Crippen LogP contribution in [0, 0.1) is 11.3 Å². The number of ether oxygens (including phenoxy) is 1. The Kier molecular flexibility index (Phi) is 5.56. The number of nitriles is 1. The third kappa shape index (κ3) is 4.05. The van der Waals surface area contributed by atoms with Crippen LogP contribution in [0.2, 0.25) is 0 Å². The van der Waals surface area contributed by atoms with Crippen molar-refractivity contribution in [3.05, 3.63) is 71.3 Å². The van der Waals surface area contributed by atoms with Crippen molar-refractivity contribution in [2.75, 3.05) is 12.4 Å². The zero-order valence-corrected chi connectivity index (χ0v) is 14.8. The number of nitrogens with zero attached hydrogens (tertiary/aromatic N) is 2. The molecule has 7 heteroatoms. The number of thioether (sulfide) groups is 1. The first kappa shape index (κ1) is 17.6. The molecule has 0 saturated heterocycles. The molecule has 0 atom stereocenters. The van der Waals surface area contributed by atoms with Gasteiger partial charge in [-0.2, -0.15) is 10.4 Å². The van der Waals surface area contributed by atoms with Gasteiger partial charge in [0.15, 0.2) is 0 Å². The van der Waals surface area contributed by atoms with Crippen molar-refractivity contribution in [2.24, 2.45) is 0 Å². The monoisotopic (exact) mass is 364 g/mol. The lowest BCUT2D eigenvalue weighted by atomic mass is 10.2. The molecular formula is C19H16N4O2S. The molecule has 0 aliphatic heterocycles. The van der Waals surface area contributed by atoms with Crippen molar-refractivity contribution in [2.45, 2.75) is 10.8 Å². The molecule has 1 aromatic heterocycles. The molecule has 3 aromatic rings. The fourth-order valence-corrected chi connectivity index (χ4v) is 3.18. The number of nitrogens with one attached hydrogen (secondary N) is 2. The van der Waals surface area contributed by atoms with Gasteiger partial charge in [-0.05, 0) is 29.8 Å². The molecule has 0 radical (unpaired) electrons. The SMILES string of the molecule is COc1ccc(C(=O)Nc2[nH]nc(SCc3ccccc3)c2C#N)cc1. The van der Waals surface area contributed by atoms with E-state index in [1.807, 2.05) is 30.3 Å². The Hall–Kier alpha value is -3.24. The summed E-state index contributed by atoms with van der Waals surface area (Å²) in [4.78, 5) is 12.4. The van der Waals surface area contributed by atoms with Crippen LogP contribution in [0.15, 0.2) is 59.6 Å². The number of hydrogen-bond acceptors (Lipinski definition) is 5. The molecule has 0 aliphatic rings. The smallest absolute Gasteiger partial charge is 0.256 e. The Balaban J connectivity index is 1.71. The number of benzene rings is 2. The van der Waals surface area contributed by atoms with Crippen LogP contribution in [0.3, 0.4) is 0 Å². The predicted molar refractivity (Wildman–Crippen MR) is 100 cm³/mol. The van der Waals surface area contributed by atoms with E-state index in [2.05, 4.69) is 21.6 Å². The van der Waals surface area contributed by atoms with E-state index in [0.717, 1.165) is 5.56 Å². The number of H-pyrrole nitrogens is 1. The highest BCUT2D eigenvalue weighted by Crippen LogP contribution is 2.28. The van der Waals surface area contributed by atoms with E-state index in [4.69, 9.17) is 4.74 Å². The third-order valence-corrected chi connectivity index (χ3v) is 4.70. The van der Waals surface area contributed by atoms with E-state index in [9.17, 15) is 10.1 Å². The Morgan fingerprint density at radius 2 is 1.96 bits per heavy atom. The van der Waals surface area contributed by atoms with Gasteiger partial charge in [0.05, 0.1) is 7.11 Å². The van der Waals surface area contributed by atoms with Gasteiger partial charge >= 0.3 is 0 Å². The zero-order chi connectivity index (χ0) is 18.4. The lowest BCUT2D eigenvalue weighted by Crippen LogP contribution is -2.12. The second kappa shape index (κ2) is 8.23. The highest BCUT2D eigenvalue weighted by atomic mass is 32.2. The molecule has 1 heterocycles. The van der Waals surface area contributed by atoms with Gasteiger partial charge in [0, 0.05) is 11.3 Å². The summed E-state index contributed by atoms with van der Waals surface area (Å²) in [7, 11) is 1.56. The number of hydrogen-bond donors (Lipinski definition) is 2. The lowest BCUT2D eigenvalue weighted by molar-refractivity contribution is 0.102. The van der Waals surface area contributed by atoms with Crippen LogP contribution in [0.25, 0.3) is 0 Å². The van der Waals surface area contributed by atoms with Crippen molar-refractivity contribution in [1.29, 1.82) is 5.26 Å². The van der Waals surface area contributed by atoms with Gasteiger partial charge in [-0.25, -0.2) is 0 Å². The minimum Gasteiger partial charge on any atom is -0.497 e. The first-order valence-corrected chi connectivity index (χ1v) is 8.80. The molecule has 6 nitrogen and oxygen atoms in total. The van der Waals surface area contributed by atoms with E-state index in [0.29, 0.717) is 33.5 Å². The molecule has 0 saturated carbocycles. The van der Waals surface area contributed by atoms with Crippen LogP contribution in [0.4, 0.5) is 5.82 Å². The maximum absolute atomic E-state index is 12.4. The summed E-state index contributed by atoms with van der Waals surface area (Å²) in [6.45, 7) is 0. The number of anilines is 1. The molecule has 0 aliphatic carbocycles.